The number of aromatic nitrogens is 1. The van der Waals surface area contributed by atoms with Gasteiger partial charge in [-0.3, -0.25) is 4.79 Å². The zero-order valence-electron chi connectivity index (χ0n) is 11.5. The Bertz CT molecular complexity index is 535. The number of aliphatic carboxylic acids is 1. The SMILES string of the molecule is CCCCCCC(Sc1nc2ccccc2s1)C(=O)O. The van der Waals surface area contributed by atoms with Crippen LogP contribution in [0, 0.1) is 0 Å². The van der Waals surface area contributed by atoms with Crippen LogP contribution in [0.5, 0.6) is 0 Å². The summed E-state index contributed by atoms with van der Waals surface area (Å²) in [5.41, 5.74) is 0.954. The number of carboxylic acid groups (broad SMARTS) is 1. The second-order valence-electron chi connectivity index (χ2n) is 4.74. The Kier molecular flexibility index (Phi) is 5.86. The number of hydrogen-bond donors (Lipinski definition) is 1. The predicted octanol–water partition coefficient (Wildman–Crippen LogP) is 4.81. The third-order valence-corrected chi connectivity index (χ3v) is 5.50. The molecule has 0 spiro atoms. The monoisotopic (exact) mass is 309 g/mol. The molecule has 2 aromatic rings. The molecule has 0 aliphatic carbocycles. The van der Waals surface area contributed by atoms with Crippen LogP contribution >= 0.6 is 23.1 Å². The van der Waals surface area contributed by atoms with Crippen molar-refractivity contribution in [2.75, 3.05) is 0 Å². The number of thiazole rings is 1. The lowest BCUT2D eigenvalue weighted by Gasteiger charge is -2.09. The largest absolute Gasteiger partial charge is 0.480 e. The molecule has 1 heterocycles. The molecule has 0 saturated carbocycles. The van der Waals surface area contributed by atoms with Gasteiger partial charge in [0, 0.05) is 0 Å². The minimum Gasteiger partial charge on any atom is -0.480 e. The van der Waals surface area contributed by atoms with Crippen LogP contribution in [0.4, 0.5) is 0 Å². The lowest BCUT2D eigenvalue weighted by atomic mass is 10.1. The van der Waals surface area contributed by atoms with E-state index in [0.717, 1.165) is 33.8 Å². The normalized spacial score (nSPS) is 12.7. The van der Waals surface area contributed by atoms with Gasteiger partial charge >= 0.3 is 5.97 Å². The van der Waals surface area contributed by atoms with E-state index < -0.39 is 5.97 Å². The van der Waals surface area contributed by atoms with E-state index in [1.165, 1.54) is 24.6 Å². The van der Waals surface area contributed by atoms with Crippen LogP contribution in [0.1, 0.15) is 39.0 Å². The number of hydrogen-bond acceptors (Lipinski definition) is 4. The van der Waals surface area contributed by atoms with E-state index >= 15 is 0 Å². The van der Waals surface area contributed by atoms with E-state index in [1.807, 2.05) is 24.3 Å². The average molecular weight is 309 g/mol. The van der Waals surface area contributed by atoms with Crippen molar-refractivity contribution in [3.05, 3.63) is 24.3 Å². The molecule has 0 radical (unpaired) electrons. The Hall–Kier alpha value is -1.07. The summed E-state index contributed by atoms with van der Waals surface area (Å²) in [6.45, 7) is 2.16. The van der Waals surface area contributed by atoms with Gasteiger partial charge < -0.3 is 5.11 Å². The molecule has 108 valence electrons. The molecule has 1 aromatic carbocycles. The Morgan fingerprint density at radius 1 is 1.35 bits per heavy atom. The summed E-state index contributed by atoms with van der Waals surface area (Å²) in [4.78, 5) is 15.8. The number of nitrogens with zero attached hydrogens (tertiary/aromatic N) is 1. The molecule has 1 aromatic heterocycles. The van der Waals surface area contributed by atoms with Crippen molar-refractivity contribution in [2.24, 2.45) is 0 Å². The quantitative estimate of drug-likeness (QED) is 0.561. The first-order valence-corrected chi connectivity index (χ1v) is 8.65. The Morgan fingerprint density at radius 3 is 2.85 bits per heavy atom. The molecule has 0 fully saturated rings. The van der Waals surface area contributed by atoms with E-state index in [1.54, 1.807) is 11.3 Å². The zero-order chi connectivity index (χ0) is 14.4. The van der Waals surface area contributed by atoms with Gasteiger partial charge in [0.2, 0.25) is 0 Å². The molecule has 1 unspecified atom stereocenters. The van der Waals surface area contributed by atoms with Crippen molar-refractivity contribution in [1.82, 2.24) is 4.98 Å². The second-order valence-corrected chi connectivity index (χ2v) is 7.22. The summed E-state index contributed by atoms with van der Waals surface area (Å²) in [5, 5.41) is 8.94. The molecule has 20 heavy (non-hydrogen) atoms. The maximum Gasteiger partial charge on any atom is 0.317 e. The smallest absolute Gasteiger partial charge is 0.317 e. The van der Waals surface area contributed by atoms with E-state index in [-0.39, 0.29) is 5.25 Å². The van der Waals surface area contributed by atoms with Crippen LogP contribution < -0.4 is 0 Å². The van der Waals surface area contributed by atoms with Crippen molar-refractivity contribution in [3.8, 4) is 0 Å². The Morgan fingerprint density at radius 2 is 2.15 bits per heavy atom. The highest BCUT2D eigenvalue weighted by Crippen LogP contribution is 2.33. The number of carboxylic acids is 1. The number of fused-ring (bicyclic) bond motifs is 1. The topological polar surface area (TPSA) is 50.2 Å². The molecule has 0 aliphatic rings. The number of thioether (sulfide) groups is 1. The molecular weight excluding hydrogens is 290 g/mol. The van der Waals surface area contributed by atoms with Gasteiger partial charge in [0.25, 0.3) is 0 Å². The highest BCUT2D eigenvalue weighted by atomic mass is 32.2. The molecule has 3 nitrogen and oxygen atoms in total. The fourth-order valence-electron chi connectivity index (χ4n) is 2.01. The Labute approximate surface area is 127 Å². The van der Waals surface area contributed by atoms with Gasteiger partial charge in [-0.15, -0.1) is 11.3 Å². The maximum absolute atomic E-state index is 11.3. The first-order chi connectivity index (χ1) is 9.70. The van der Waals surface area contributed by atoms with Crippen LogP contribution in [0.25, 0.3) is 10.2 Å². The van der Waals surface area contributed by atoms with Gasteiger partial charge in [-0.2, -0.15) is 0 Å². The highest BCUT2D eigenvalue weighted by molar-refractivity contribution is 8.02. The standard InChI is InChI=1S/C15H19NO2S2/c1-2-3-4-5-10-13(14(17)18)20-15-16-11-8-6-7-9-12(11)19-15/h6-9,13H,2-5,10H2,1H3,(H,17,18). The van der Waals surface area contributed by atoms with Gasteiger partial charge in [0.1, 0.15) is 5.25 Å². The van der Waals surface area contributed by atoms with Gasteiger partial charge in [-0.25, -0.2) is 4.98 Å². The minimum absolute atomic E-state index is 0.382. The number of carbonyl (C=O) groups is 1. The first kappa shape index (κ1) is 15.3. The van der Waals surface area contributed by atoms with Crippen LogP contribution in [0.15, 0.2) is 28.6 Å². The molecule has 1 N–H and O–H groups in total. The lowest BCUT2D eigenvalue weighted by molar-refractivity contribution is -0.136. The molecule has 1 atom stereocenters. The predicted molar refractivity (Wildman–Crippen MR) is 85.7 cm³/mol. The van der Waals surface area contributed by atoms with E-state index in [9.17, 15) is 9.90 Å². The molecule has 0 amide bonds. The second kappa shape index (κ2) is 7.64. The molecule has 5 heteroatoms. The average Bonchev–Trinajstić information content (AvgIpc) is 2.84. The van der Waals surface area contributed by atoms with Gasteiger partial charge in [0.15, 0.2) is 4.34 Å². The third-order valence-electron chi connectivity index (χ3n) is 3.11. The van der Waals surface area contributed by atoms with Crippen LogP contribution in [0.2, 0.25) is 0 Å². The van der Waals surface area contributed by atoms with Crippen LogP contribution in [-0.2, 0) is 4.79 Å². The van der Waals surface area contributed by atoms with Crippen molar-refractivity contribution < 1.29 is 9.90 Å². The van der Waals surface area contributed by atoms with E-state index in [4.69, 9.17) is 0 Å². The Balaban J connectivity index is 1.98. The summed E-state index contributed by atoms with van der Waals surface area (Å²) in [6.07, 6.45) is 5.15. The van der Waals surface area contributed by atoms with Gasteiger partial charge in [-0.1, -0.05) is 56.5 Å². The maximum atomic E-state index is 11.3. The van der Waals surface area contributed by atoms with Crippen LogP contribution in [-0.4, -0.2) is 21.3 Å². The molecular formula is C15H19NO2S2. The van der Waals surface area contributed by atoms with Gasteiger partial charge in [-0.05, 0) is 18.6 Å². The first-order valence-electron chi connectivity index (χ1n) is 6.95. The third kappa shape index (κ3) is 4.21. The minimum atomic E-state index is -0.731. The number of benzene rings is 1. The summed E-state index contributed by atoms with van der Waals surface area (Å²) in [7, 11) is 0. The number of para-hydroxylation sites is 1. The van der Waals surface area contributed by atoms with Crippen LogP contribution in [0.3, 0.4) is 0 Å². The fraction of sp³-hybridized carbons (Fsp3) is 0.467. The van der Waals surface area contributed by atoms with Crippen molar-refractivity contribution in [2.45, 2.75) is 48.6 Å². The lowest BCUT2D eigenvalue weighted by Crippen LogP contribution is -2.15. The summed E-state index contributed by atoms with van der Waals surface area (Å²) < 4.78 is 1.97. The van der Waals surface area contributed by atoms with E-state index in [0.29, 0.717) is 0 Å². The zero-order valence-corrected chi connectivity index (χ0v) is 13.2. The fourth-order valence-corrected chi connectivity index (χ4v) is 4.30. The van der Waals surface area contributed by atoms with Crippen molar-refractivity contribution in [1.29, 1.82) is 0 Å². The molecule has 2 rings (SSSR count). The highest BCUT2D eigenvalue weighted by Gasteiger charge is 2.20. The van der Waals surface area contributed by atoms with Crippen molar-refractivity contribution >= 4 is 39.3 Å². The molecule has 0 aliphatic heterocycles. The summed E-state index contributed by atoms with van der Waals surface area (Å²) in [5.74, 6) is -0.731. The molecule has 0 saturated heterocycles. The number of rotatable bonds is 8. The van der Waals surface area contributed by atoms with Gasteiger partial charge in [0.05, 0.1) is 10.2 Å². The summed E-state index contributed by atoms with van der Waals surface area (Å²) >= 11 is 2.96. The number of unbranched alkanes of at least 4 members (excludes halogenated alkanes) is 3. The van der Waals surface area contributed by atoms with E-state index in [2.05, 4.69) is 11.9 Å². The van der Waals surface area contributed by atoms with Crippen molar-refractivity contribution in [3.63, 3.8) is 0 Å². The molecule has 0 bridgehead atoms. The summed E-state index contributed by atoms with van der Waals surface area (Å²) in [6, 6.07) is 7.92.